The Bertz CT molecular complexity index is 211. The number of nitrogens with zero attached hydrogens (tertiary/aromatic N) is 1. The molecular formula is C12H25N3. The number of nitrogens with one attached hydrogen (secondary N) is 1. The van der Waals surface area contributed by atoms with Crippen molar-refractivity contribution in [3.63, 3.8) is 0 Å². The third kappa shape index (κ3) is 4.54. The van der Waals surface area contributed by atoms with E-state index in [1.165, 1.54) is 32.1 Å². The van der Waals surface area contributed by atoms with Crippen LogP contribution in [-0.2, 0) is 0 Å². The molecule has 0 heterocycles. The van der Waals surface area contributed by atoms with Gasteiger partial charge >= 0.3 is 0 Å². The van der Waals surface area contributed by atoms with Crippen molar-refractivity contribution in [1.29, 1.82) is 0 Å². The van der Waals surface area contributed by atoms with Gasteiger partial charge in [-0.3, -0.25) is 0 Å². The molecule has 2 atom stereocenters. The van der Waals surface area contributed by atoms with Gasteiger partial charge in [-0.25, -0.2) is 4.99 Å². The average molecular weight is 211 g/mol. The van der Waals surface area contributed by atoms with Gasteiger partial charge in [-0.15, -0.1) is 0 Å². The molecular weight excluding hydrogens is 186 g/mol. The molecule has 3 nitrogen and oxygen atoms in total. The van der Waals surface area contributed by atoms with Crippen LogP contribution in [0.1, 0.15) is 52.9 Å². The van der Waals surface area contributed by atoms with Crippen molar-refractivity contribution >= 4 is 5.96 Å². The molecule has 0 aromatic rings. The summed E-state index contributed by atoms with van der Waals surface area (Å²) in [5.41, 5.74) is 5.86. The SMILES string of the molecule is CC(C)NC(N)=NC1CCCCCC1C. The minimum Gasteiger partial charge on any atom is -0.370 e. The number of aliphatic imine (C=N–C) groups is 1. The summed E-state index contributed by atoms with van der Waals surface area (Å²) in [5, 5.41) is 3.16. The molecule has 1 aliphatic carbocycles. The maximum absolute atomic E-state index is 5.86. The second kappa shape index (κ2) is 5.99. The summed E-state index contributed by atoms with van der Waals surface area (Å²) in [7, 11) is 0. The van der Waals surface area contributed by atoms with Crippen molar-refractivity contribution in [2.45, 2.75) is 65.0 Å². The monoisotopic (exact) mass is 211 g/mol. The topological polar surface area (TPSA) is 50.4 Å². The Morgan fingerprint density at radius 1 is 1.27 bits per heavy atom. The van der Waals surface area contributed by atoms with Gasteiger partial charge in [0.15, 0.2) is 5.96 Å². The fourth-order valence-corrected chi connectivity index (χ4v) is 2.18. The highest BCUT2D eigenvalue weighted by molar-refractivity contribution is 5.78. The average Bonchev–Trinajstić information content (AvgIpc) is 2.30. The molecule has 0 aromatic carbocycles. The van der Waals surface area contributed by atoms with E-state index in [9.17, 15) is 0 Å². The lowest BCUT2D eigenvalue weighted by Crippen LogP contribution is -2.38. The number of guanidine groups is 1. The standard InChI is InChI=1S/C12H25N3/c1-9(2)14-12(13)15-11-8-6-4-5-7-10(11)3/h9-11H,4-8H2,1-3H3,(H3,13,14,15). The summed E-state index contributed by atoms with van der Waals surface area (Å²) in [6, 6.07) is 0.800. The van der Waals surface area contributed by atoms with Crippen LogP contribution in [0.3, 0.4) is 0 Å². The van der Waals surface area contributed by atoms with Gasteiger partial charge in [0.1, 0.15) is 0 Å². The smallest absolute Gasteiger partial charge is 0.189 e. The molecule has 0 amide bonds. The first-order chi connectivity index (χ1) is 7.09. The summed E-state index contributed by atoms with van der Waals surface area (Å²) >= 11 is 0. The lowest BCUT2D eigenvalue weighted by atomic mass is 9.98. The van der Waals surface area contributed by atoms with Crippen molar-refractivity contribution in [3.05, 3.63) is 0 Å². The molecule has 0 bridgehead atoms. The first kappa shape index (κ1) is 12.3. The van der Waals surface area contributed by atoms with E-state index in [-0.39, 0.29) is 0 Å². The summed E-state index contributed by atoms with van der Waals surface area (Å²) in [6.07, 6.45) is 6.50. The summed E-state index contributed by atoms with van der Waals surface area (Å²) in [4.78, 5) is 4.60. The van der Waals surface area contributed by atoms with Crippen LogP contribution in [0.25, 0.3) is 0 Å². The molecule has 2 unspecified atom stereocenters. The van der Waals surface area contributed by atoms with E-state index in [1.807, 2.05) is 0 Å². The Kier molecular flexibility index (Phi) is 4.92. The van der Waals surface area contributed by atoms with Crippen LogP contribution in [0.2, 0.25) is 0 Å². The maximum Gasteiger partial charge on any atom is 0.189 e. The number of hydrogen-bond donors (Lipinski definition) is 2. The molecule has 88 valence electrons. The van der Waals surface area contributed by atoms with Gasteiger partial charge in [0, 0.05) is 6.04 Å². The summed E-state index contributed by atoms with van der Waals surface area (Å²) in [5.74, 6) is 1.30. The third-order valence-electron chi connectivity index (χ3n) is 3.06. The molecule has 1 saturated carbocycles. The molecule has 15 heavy (non-hydrogen) atoms. The Morgan fingerprint density at radius 3 is 2.60 bits per heavy atom. The van der Waals surface area contributed by atoms with Gasteiger partial charge in [0.2, 0.25) is 0 Å². The molecule has 1 rings (SSSR count). The van der Waals surface area contributed by atoms with Gasteiger partial charge in [0.05, 0.1) is 6.04 Å². The highest BCUT2D eigenvalue weighted by Crippen LogP contribution is 2.25. The molecule has 0 aliphatic heterocycles. The third-order valence-corrected chi connectivity index (χ3v) is 3.06. The lowest BCUT2D eigenvalue weighted by molar-refractivity contribution is 0.432. The van der Waals surface area contributed by atoms with E-state index in [4.69, 9.17) is 5.73 Å². The van der Waals surface area contributed by atoms with Gasteiger partial charge in [-0.1, -0.05) is 26.2 Å². The lowest BCUT2D eigenvalue weighted by Gasteiger charge is -2.18. The van der Waals surface area contributed by atoms with Gasteiger partial charge < -0.3 is 11.1 Å². The molecule has 0 saturated heterocycles. The van der Waals surface area contributed by atoms with Crippen LogP contribution < -0.4 is 11.1 Å². The molecule has 0 spiro atoms. The van der Waals surface area contributed by atoms with Crippen molar-refractivity contribution in [1.82, 2.24) is 5.32 Å². The Balaban J connectivity index is 2.52. The van der Waals surface area contributed by atoms with E-state index < -0.39 is 0 Å². The molecule has 1 aliphatic rings. The zero-order chi connectivity index (χ0) is 11.3. The predicted molar refractivity (Wildman–Crippen MR) is 65.9 cm³/mol. The molecule has 3 heteroatoms. The van der Waals surface area contributed by atoms with Gasteiger partial charge in [0.25, 0.3) is 0 Å². The molecule has 3 N–H and O–H groups in total. The van der Waals surface area contributed by atoms with Crippen LogP contribution in [0.15, 0.2) is 4.99 Å². The number of nitrogens with two attached hydrogens (primary N) is 1. The quantitative estimate of drug-likeness (QED) is 0.418. The molecule has 1 fully saturated rings. The highest BCUT2D eigenvalue weighted by Gasteiger charge is 2.19. The number of hydrogen-bond acceptors (Lipinski definition) is 1. The minimum atomic E-state index is 0.370. The zero-order valence-corrected chi connectivity index (χ0v) is 10.3. The van der Waals surface area contributed by atoms with Crippen LogP contribution >= 0.6 is 0 Å². The van der Waals surface area contributed by atoms with Crippen molar-refractivity contribution < 1.29 is 0 Å². The fourth-order valence-electron chi connectivity index (χ4n) is 2.18. The van der Waals surface area contributed by atoms with E-state index in [2.05, 4.69) is 31.1 Å². The maximum atomic E-state index is 5.86. The van der Waals surface area contributed by atoms with Crippen LogP contribution in [0.4, 0.5) is 0 Å². The normalized spacial score (nSPS) is 28.9. The summed E-state index contributed by atoms with van der Waals surface area (Å²) in [6.45, 7) is 6.46. The van der Waals surface area contributed by atoms with Crippen molar-refractivity contribution in [3.8, 4) is 0 Å². The van der Waals surface area contributed by atoms with Gasteiger partial charge in [-0.2, -0.15) is 0 Å². The minimum absolute atomic E-state index is 0.370. The van der Waals surface area contributed by atoms with Gasteiger partial charge in [-0.05, 0) is 32.6 Å². The van der Waals surface area contributed by atoms with E-state index in [0.29, 0.717) is 24.0 Å². The Morgan fingerprint density at radius 2 is 1.93 bits per heavy atom. The van der Waals surface area contributed by atoms with Crippen molar-refractivity contribution in [2.24, 2.45) is 16.6 Å². The van der Waals surface area contributed by atoms with E-state index >= 15 is 0 Å². The molecule has 0 aromatic heterocycles. The van der Waals surface area contributed by atoms with Crippen LogP contribution in [0, 0.1) is 5.92 Å². The second-order valence-electron chi connectivity index (χ2n) is 5.00. The fraction of sp³-hybridized carbons (Fsp3) is 0.917. The van der Waals surface area contributed by atoms with Crippen molar-refractivity contribution in [2.75, 3.05) is 0 Å². The highest BCUT2D eigenvalue weighted by atomic mass is 15.1. The predicted octanol–water partition coefficient (Wildman–Crippen LogP) is 2.27. The first-order valence-corrected chi connectivity index (χ1v) is 6.19. The zero-order valence-electron chi connectivity index (χ0n) is 10.3. The van der Waals surface area contributed by atoms with E-state index in [0.717, 1.165) is 0 Å². The Labute approximate surface area is 93.5 Å². The van der Waals surface area contributed by atoms with Crippen LogP contribution in [0.5, 0.6) is 0 Å². The molecule has 0 radical (unpaired) electrons. The summed E-state index contributed by atoms with van der Waals surface area (Å²) < 4.78 is 0. The van der Waals surface area contributed by atoms with Crippen LogP contribution in [-0.4, -0.2) is 18.0 Å². The van der Waals surface area contributed by atoms with E-state index in [1.54, 1.807) is 0 Å². The largest absolute Gasteiger partial charge is 0.370 e. The Hall–Kier alpha value is -0.730. The second-order valence-corrected chi connectivity index (χ2v) is 5.00. The first-order valence-electron chi connectivity index (χ1n) is 6.19. The number of rotatable bonds is 2.